The number of rotatable bonds is 13. The van der Waals surface area contributed by atoms with E-state index in [-0.39, 0.29) is 23.6 Å². The molecule has 0 aromatic carbocycles. The molecule has 4 saturated carbocycles. The molecule has 258 valence electrons. The summed E-state index contributed by atoms with van der Waals surface area (Å²) < 4.78 is 24.7. The van der Waals surface area contributed by atoms with Crippen LogP contribution in [0, 0.1) is 11.3 Å². The number of sulfone groups is 1. The fraction of sp³-hybridized carbons (Fsp3) is 0.848. The summed E-state index contributed by atoms with van der Waals surface area (Å²) in [7, 11) is -3.37. The average molecular weight is 664 g/mol. The van der Waals surface area contributed by atoms with Crippen LogP contribution in [0.2, 0.25) is 0 Å². The Balaban J connectivity index is 1.31. The Labute approximate surface area is 273 Å². The molecule has 5 fully saturated rings. The molecule has 12 nitrogen and oxygen atoms in total. The maximum absolute atomic E-state index is 14.4. The molecular formula is C33H53N5O7S. The second kappa shape index (κ2) is 14.2. The fourth-order valence-electron chi connectivity index (χ4n) is 7.92. The number of hydrogen-bond acceptors (Lipinski definition) is 7. The first-order valence-electron chi connectivity index (χ1n) is 17.5. The van der Waals surface area contributed by atoms with Gasteiger partial charge in [0.25, 0.3) is 5.91 Å². The first kappa shape index (κ1) is 34.6. The first-order valence-corrected chi connectivity index (χ1v) is 19.6. The van der Waals surface area contributed by atoms with Gasteiger partial charge in [-0.25, -0.2) is 13.2 Å². The SMILES string of the molecule is CC1([C@H](NC(=O)NC2(CS(C)(=O)=O)CCCCC2)C(=O)N2CCC[C@H]2C(=O)N[C@@H](CC2CC2)C(=O)C(=O)NC2CC2)CCCCC1. The van der Waals surface area contributed by atoms with Crippen LogP contribution in [0.25, 0.3) is 0 Å². The van der Waals surface area contributed by atoms with Gasteiger partial charge in [0, 0.05) is 18.8 Å². The molecule has 13 heteroatoms. The average Bonchev–Trinajstić information content (AvgIpc) is 3.93. The number of Topliss-reactive ketones (excluding diaryl/α,β-unsaturated/α-hetero) is 1. The van der Waals surface area contributed by atoms with Crippen LogP contribution in [0.1, 0.15) is 116 Å². The van der Waals surface area contributed by atoms with Gasteiger partial charge in [-0.15, -0.1) is 0 Å². The van der Waals surface area contributed by atoms with Crippen molar-refractivity contribution in [1.82, 2.24) is 26.2 Å². The number of nitrogens with zero attached hydrogens (tertiary/aromatic N) is 1. The Kier molecular flexibility index (Phi) is 10.7. The molecule has 4 aliphatic carbocycles. The predicted octanol–water partition coefficient (Wildman–Crippen LogP) is 2.50. The number of amides is 5. The molecule has 0 unspecified atom stereocenters. The van der Waals surface area contributed by atoms with Crippen molar-refractivity contribution in [3.8, 4) is 0 Å². The lowest BCUT2D eigenvalue weighted by molar-refractivity contribution is -0.144. The van der Waals surface area contributed by atoms with Crippen LogP contribution in [0.3, 0.4) is 0 Å². The van der Waals surface area contributed by atoms with E-state index >= 15 is 0 Å². The molecule has 5 rings (SSSR count). The van der Waals surface area contributed by atoms with Gasteiger partial charge in [-0.05, 0) is 69.1 Å². The second-order valence-corrected chi connectivity index (χ2v) is 17.3. The van der Waals surface area contributed by atoms with E-state index in [1.807, 2.05) is 6.92 Å². The molecule has 5 aliphatic rings. The maximum atomic E-state index is 14.4. The van der Waals surface area contributed by atoms with Gasteiger partial charge in [0.05, 0.1) is 17.3 Å². The molecule has 1 saturated heterocycles. The molecule has 0 aromatic rings. The van der Waals surface area contributed by atoms with Crippen molar-refractivity contribution >= 4 is 39.4 Å². The zero-order chi connectivity index (χ0) is 33.1. The van der Waals surface area contributed by atoms with Crippen LogP contribution in [0.5, 0.6) is 0 Å². The van der Waals surface area contributed by atoms with E-state index in [1.165, 1.54) is 11.2 Å². The third kappa shape index (κ3) is 9.01. The zero-order valence-corrected chi connectivity index (χ0v) is 28.4. The number of hydrogen-bond donors (Lipinski definition) is 4. The lowest BCUT2D eigenvalue weighted by atomic mass is 9.70. The van der Waals surface area contributed by atoms with Crippen LogP contribution in [0.4, 0.5) is 4.79 Å². The van der Waals surface area contributed by atoms with E-state index in [2.05, 4.69) is 21.3 Å². The summed E-state index contributed by atoms with van der Waals surface area (Å²) in [4.78, 5) is 69.0. The zero-order valence-electron chi connectivity index (χ0n) is 27.5. The van der Waals surface area contributed by atoms with Crippen molar-refractivity contribution in [3.63, 3.8) is 0 Å². The van der Waals surface area contributed by atoms with E-state index in [0.717, 1.165) is 77.0 Å². The van der Waals surface area contributed by atoms with Gasteiger partial charge in [0.15, 0.2) is 0 Å². The summed E-state index contributed by atoms with van der Waals surface area (Å²) in [5, 5.41) is 11.5. The van der Waals surface area contributed by atoms with Crippen LogP contribution in [0.15, 0.2) is 0 Å². The first-order chi connectivity index (χ1) is 21.8. The predicted molar refractivity (Wildman–Crippen MR) is 172 cm³/mol. The quantitative estimate of drug-likeness (QED) is 0.219. The van der Waals surface area contributed by atoms with E-state index in [9.17, 15) is 32.4 Å². The summed E-state index contributed by atoms with van der Waals surface area (Å²) in [5.41, 5.74) is -1.43. The van der Waals surface area contributed by atoms with E-state index in [0.29, 0.717) is 38.6 Å². The van der Waals surface area contributed by atoms with E-state index in [4.69, 9.17) is 0 Å². The molecule has 4 N–H and O–H groups in total. The van der Waals surface area contributed by atoms with Crippen LogP contribution in [-0.2, 0) is 29.0 Å². The highest BCUT2D eigenvalue weighted by Crippen LogP contribution is 2.40. The molecule has 5 amide bonds. The third-order valence-corrected chi connectivity index (χ3v) is 11.9. The van der Waals surface area contributed by atoms with Crippen molar-refractivity contribution in [2.24, 2.45) is 11.3 Å². The van der Waals surface area contributed by atoms with Crippen molar-refractivity contribution in [3.05, 3.63) is 0 Å². The molecular weight excluding hydrogens is 610 g/mol. The molecule has 46 heavy (non-hydrogen) atoms. The summed E-state index contributed by atoms with van der Waals surface area (Å²) in [6.07, 6.45) is 14.3. The molecule has 1 heterocycles. The highest BCUT2D eigenvalue weighted by atomic mass is 32.2. The van der Waals surface area contributed by atoms with Crippen LogP contribution >= 0.6 is 0 Å². The molecule has 0 aromatic heterocycles. The van der Waals surface area contributed by atoms with E-state index < -0.39 is 62.5 Å². The van der Waals surface area contributed by atoms with Crippen LogP contribution in [-0.4, -0.2) is 91.1 Å². The molecule has 3 atom stereocenters. The van der Waals surface area contributed by atoms with Gasteiger partial charge in [0.2, 0.25) is 17.6 Å². The van der Waals surface area contributed by atoms with Gasteiger partial charge in [-0.1, -0.05) is 58.3 Å². The monoisotopic (exact) mass is 663 g/mol. The Morgan fingerprint density at radius 3 is 2.04 bits per heavy atom. The standard InChI is InChI=1S/C33H53N5O7S/c1-32(15-5-3-6-16-32)27(36-31(43)37-33(21-46(2,44)45)17-7-4-8-18-33)30(42)38-19-9-10-25(38)28(40)35-24(20-22-11-12-22)26(39)29(41)34-23-13-14-23/h22-25,27H,3-21H2,1-2H3,(H,34,41)(H,35,40)(H2,36,37,43)/t24-,25-,27+/m0/s1. The lowest BCUT2D eigenvalue weighted by Crippen LogP contribution is -2.64. The Hall–Kier alpha value is -2.70. The minimum atomic E-state index is -3.37. The van der Waals surface area contributed by atoms with Gasteiger partial charge in [-0.2, -0.15) is 0 Å². The largest absolute Gasteiger partial charge is 0.347 e. The Bertz CT molecular complexity index is 1280. The van der Waals surface area contributed by atoms with Crippen molar-refractivity contribution in [2.75, 3.05) is 18.6 Å². The summed E-state index contributed by atoms with van der Waals surface area (Å²) in [5.74, 6) is -1.96. The Morgan fingerprint density at radius 1 is 0.826 bits per heavy atom. The van der Waals surface area contributed by atoms with Crippen LogP contribution < -0.4 is 21.3 Å². The maximum Gasteiger partial charge on any atom is 0.315 e. The summed E-state index contributed by atoms with van der Waals surface area (Å²) in [6.45, 7) is 2.35. The molecule has 0 radical (unpaired) electrons. The minimum Gasteiger partial charge on any atom is -0.347 e. The highest BCUT2D eigenvalue weighted by Gasteiger charge is 2.47. The number of ketones is 1. The summed E-state index contributed by atoms with van der Waals surface area (Å²) in [6, 6.07) is -3.20. The normalized spacial score (nSPS) is 25.5. The van der Waals surface area contributed by atoms with Gasteiger partial charge in [-0.3, -0.25) is 19.2 Å². The van der Waals surface area contributed by atoms with Crippen molar-refractivity contribution < 1.29 is 32.4 Å². The van der Waals surface area contributed by atoms with Gasteiger partial charge < -0.3 is 26.2 Å². The highest BCUT2D eigenvalue weighted by molar-refractivity contribution is 7.90. The number of carbonyl (C=O) groups is 5. The third-order valence-electron chi connectivity index (χ3n) is 10.8. The molecule has 0 spiro atoms. The topological polar surface area (TPSA) is 171 Å². The smallest absolute Gasteiger partial charge is 0.315 e. The molecule has 1 aliphatic heterocycles. The lowest BCUT2D eigenvalue weighted by Gasteiger charge is -2.43. The number of likely N-dealkylation sites (tertiary alicyclic amines) is 1. The summed E-state index contributed by atoms with van der Waals surface area (Å²) >= 11 is 0. The Morgan fingerprint density at radius 2 is 1.46 bits per heavy atom. The van der Waals surface area contributed by atoms with Gasteiger partial charge >= 0.3 is 6.03 Å². The van der Waals surface area contributed by atoms with Crippen molar-refractivity contribution in [1.29, 1.82) is 0 Å². The van der Waals surface area contributed by atoms with E-state index in [1.54, 1.807) is 0 Å². The number of urea groups is 1. The van der Waals surface area contributed by atoms with Crippen molar-refractivity contribution in [2.45, 2.75) is 146 Å². The number of nitrogens with one attached hydrogen (secondary N) is 4. The molecule has 0 bridgehead atoms. The fourth-order valence-corrected chi connectivity index (χ4v) is 9.29. The minimum absolute atomic E-state index is 0.0267. The van der Waals surface area contributed by atoms with Gasteiger partial charge in [0.1, 0.15) is 21.9 Å². The second-order valence-electron chi connectivity index (χ2n) is 15.2. The number of carbonyl (C=O) groups excluding carboxylic acids is 5.